The van der Waals surface area contributed by atoms with Crippen molar-refractivity contribution in [3.05, 3.63) is 51.0 Å². The van der Waals surface area contributed by atoms with Crippen LogP contribution >= 0.6 is 15.9 Å². The summed E-state index contributed by atoms with van der Waals surface area (Å²) in [6.07, 6.45) is -2.66. The maximum Gasteiger partial charge on any atom is 0.416 e. The molecule has 0 N–H and O–H groups in total. The summed E-state index contributed by atoms with van der Waals surface area (Å²) in [6, 6.07) is 4.82. The molecule has 8 heteroatoms. The van der Waals surface area contributed by atoms with Crippen LogP contribution in [0, 0.1) is 0 Å². The predicted molar refractivity (Wildman–Crippen MR) is 106 cm³/mol. The fraction of sp³-hybridized carbons (Fsp3) is 0.500. The Bertz CT molecular complexity index is 934. The van der Waals surface area contributed by atoms with Gasteiger partial charge in [-0.05, 0) is 40.5 Å². The molecule has 1 aromatic heterocycles. The first-order chi connectivity index (χ1) is 12.9. The van der Waals surface area contributed by atoms with Gasteiger partial charge in [0.1, 0.15) is 0 Å². The number of rotatable bonds is 4. The number of benzene rings is 1. The van der Waals surface area contributed by atoms with Gasteiger partial charge in [-0.3, -0.25) is 14.2 Å². The van der Waals surface area contributed by atoms with E-state index in [2.05, 4.69) is 48.6 Å². The average molecular weight is 460 g/mol. The fourth-order valence-corrected chi connectivity index (χ4v) is 3.38. The quantitative estimate of drug-likeness (QED) is 0.599. The Hall–Kier alpha value is -1.83. The third-order valence-electron chi connectivity index (χ3n) is 4.47. The molecule has 1 aromatic carbocycles. The van der Waals surface area contributed by atoms with Crippen molar-refractivity contribution in [1.82, 2.24) is 9.36 Å². The van der Waals surface area contributed by atoms with Crippen molar-refractivity contribution in [3.63, 3.8) is 0 Å². The van der Waals surface area contributed by atoms with E-state index < -0.39 is 17.6 Å². The summed E-state index contributed by atoms with van der Waals surface area (Å²) in [4.78, 5) is 16.9. The molecule has 0 saturated carbocycles. The van der Waals surface area contributed by atoms with E-state index in [-0.39, 0.29) is 15.5 Å². The largest absolute Gasteiger partial charge is 0.416 e. The highest BCUT2D eigenvalue weighted by atomic mass is 79.9. The highest BCUT2D eigenvalue weighted by Gasteiger charge is 2.31. The number of carbonyl (C=O) groups is 1. The molecule has 0 aliphatic heterocycles. The Labute approximate surface area is 171 Å². The van der Waals surface area contributed by atoms with E-state index in [0.29, 0.717) is 12.0 Å². The molecular weight excluding hydrogens is 435 g/mol. The van der Waals surface area contributed by atoms with Crippen LogP contribution in [0.2, 0.25) is 0 Å². The molecule has 0 aliphatic carbocycles. The first-order valence-corrected chi connectivity index (χ1v) is 9.88. The van der Waals surface area contributed by atoms with Gasteiger partial charge in [-0.2, -0.15) is 18.2 Å². The molecule has 1 amide bonds. The normalized spacial score (nSPS) is 13.2. The molecule has 0 spiro atoms. The third-order valence-corrected chi connectivity index (χ3v) is 5.16. The second-order valence-electron chi connectivity index (χ2n) is 7.75. The minimum absolute atomic E-state index is 0.113. The number of halogens is 4. The molecule has 2 aromatic rings. The zero-order chi connectivity index (χ0) is 21.3. The number of unbranched alkanes of at least 4 members (excludes halogenated alkanes) is 1. The fourth-order valence-electron chi connectivity index (χ4n) is 2.97. The molecule has 2 rings (SSSR count). The molecule has 1 heterocycles. The van der Waals surface area contributed by atoms with Gasteiger partial charge in [0.05, 0.1) is 11.1 Å². The van der Waals surface area contributed by atoms with Gasteiger partial charge in [-0.1, -0.05) is 34.1 Å². The summed E-state index contributed by atoms with van der Waals surface area (Å²) in [5.74, 6) is -0.714. The molecule has 4 nitrogen and oxygen atoms in total. The minimum Gasteiger partial charge on any atom is -0.291 e. The summed E-state index contributed by atoms with van der Waals surface area (Å²) in [5, 5.41) is 0. The smallest absolute Gasteiger partial charge is 0.291 e. The van der Waals surface area contributed by atoms with Crippen LogP contribution in [0.25, 0.3) is 0 Å². The van der Waals surface area contributed by atoms with Gasteiger partial charge < -0.3 is 0 Å². The Morgan fingerprint density at radius 1 is 1.18 bits per heavy atom. The predicted octanol–water partition coefficient (Wildman–Crippen LogP) is 5.45. The van der Waals surface area contributed by atoms with E-state index in [9.17, 15) is 18.0 Å². The molecule has 0 fully saturated rings. The Balaban J connectivity index is 2.60. The van der Waals surface area contributed by atoms with Crippen LogP contribution in [-0.2, 0) is 25.2 Å². The molecule has 0 radical (unpaired) electrons. The monoisotopic (exact) mass is 459 g/mol. The van der Waals surface area contributed by atoms with Crippen LogP contribution in [0.15, 0.2) is 33.7 Å². The van der Waals surface area contributed by atoms with Crippen molar-refractivity contribution in [1.29, 1.82) is 0 Å². The summed E-state index contributed by atoms with van der Waals surface area (Å²) < 4.78 is 43.2. The summed E-state index contributed by atoms with van der Waals surface area (Å²) in [5.41, 5.74) is 0.263. The third kappa shape index (κ3) is 4.96. The van der Waals surface area contributed by atoms with Crippen LogP contribution in [0.4, 0.5) is 13.2 Å². The lowest BCUT2D eigenvalue weighted by Crippen LogP contribution is -2.25. The maximum atomic E-state index is 13.0. The van der Waals surface area contributed by atoms with E-state index in [4.69, 9.17) is 0 Å². The standard InChI is InChI=1S/C20H25BrF3N3O/c1-6-7-10-27-17(12-16(26(27)5)19(2,3)4)25-18(28)14-11-13(20(22,23)24)8-9-15(14)21/h8-9,11-12H,6-7,10H2,1-5H3. The molecule has 0 aliphatic rings. The van der Waals surface area contributed by atoms with Gasteiger partial charge >= 0.3 is 6.18 Å². The molecule has 154 valence electrons. The molecule has 0 unspecified atom stereocenters. The van der Waals surface area contributed by atoms with E-state index in [1.165, 1.54) is 6.07 Å². The van der Waals surface area contributed by atoms with Crippen molar-refractivity contribution in [2.24, 2.45) is 12.0 Å². The van der Waals surface area contributed by atoms with Crippen molar-refractivity contribution in [2.75, 3.05) is 0 Å². The zero-order valence-corrected chi connectivity index (χ0v) is 18.3. The number of aromatic nitrogens is 2. The van der Waals surface area contributed by atoms with Crippen LogP contribution in [0.3, 0.4) is 0 Å². The molecule has 0 atom stereocenters. The van der Waals surface area contributed by atoms with Gasteiger partial charge in [0, 0.05) is 35.2 Å². The van der Waals surface area contributed by atoms with Gasteiger partial charge in [0.25, 0.3) is 5.91 Å². The van der Waals surface area contributed by atoms with Crippen LogP contribution in [0.1, 0.15) is 62.2 Å². The average Bonchev–Trinajstić information content (AvgIpc) is 2.88. The van der Waals surface area contributed by atoms with Crippen molar-refractivity contribution < 1.29 is 18.0 Å². The van der Waals surface area contributed by atoms with E-state index in [1.54, 1.807) is 0 Å². The van der Waals surface area contributed by atoms with Gasteiger partial charge in [0.2, 0.25) is 0 Å². The van der Waals surface area contributed by atoms with Crippen molar-refractivity contribution >= 4 is 21.8 Å². The van der Waals surface area contributed by atoms with Crippen LogP contribution < -0.4 is 5.49 Å². The highest BCUT2D eigenvalue weighted by Crippen LogP contribution is 2.32. The number of carbonyl (C=O) groups excluding carboxylic acids is 1. The van der Waals surface area contributed by atoms with Gasteiger partial charge in [0.15, 0.2) is 5.49 Å². The lowest BCUT2D eigenvalue weighted by atomic mass is 9.92. The van der Waals surface area contributed by atoms with Gasteiger partial charge in [-0.25, -0.2) is 0 Å². The lowest BCUT2D eigenvalue weighted by Gasteiger charge is -2.20. The van der Waals surface area contributed by atoms with Crippen molar-refractivity contribution in [3.8, 4) is 0 Å². The first kappa shape index (κ1) is 22.5. The first-order valence-electron chi connectivity index (χ1n) is 9.09. The summed E-state index contributed by atoms with van der Waals surface area (Å²) in [7, 11) is 1.90. The SMILES string of the molecule is CCCCn1c(=NC(=O)c2cc(C(F)(F)F)ccc2Br)cc(C(C)(C)C)n1C. The topological polar surface area (TPSA) is 39.3 Å². The van der Waals surface area contributed by atoms with E-state index >= 15 is 0 Å². The summed E-state index contributed by atoms with van der Waals surface area (Å²) in [6.45, 7) is 8.90. The number of alkyl halides is 3. The van der Waals surface area contributed by atoms with Crippen LogP contribution in [-0.4, -0.2) is 15.3 Å². The van der Waals surface area contributed by atoms with E-state index in [1.807, 2.05) is 22.5 Å². The molecule has 0 saturated heterocycles. The van der Waals surface area contributed by atoms with E-state index in [0.717, 1.165) is 30.7 Å². The Morgan fingerprint density at radius 3 is 2.36 bits per heavy atom. The molecular formula is C20H25BrF3N3O. The second kappa shape index (κ2) is 8.27. The number of hydrogen-bond donors (Lipinski definition) is 0. The lowest BCUT2D eigenvalue weighted by molar-refractivity contribution is -0.137. The molecule has 0 bridgehead atoms. The highest BCUT2D eigenvalue weighted by molar-refractivity contribution is 9.10. The number of hydrogen-bond acceptors (Lipinski definition) is 1. The molecule has 28 heavy (non-hydrogen) atoms. The minimum atomic E-state index is -4.52. The zero-order valence-electron chi connectivity index (χ0n) is 16.7. The number of amides is 1. The van der Waals surface area contributed by atoms with Gasteiger partial charge in [-0.15, -0.1) is 0 Å². The van der Waals surface area contributed by atoms with Crippen LogP contribution in [0.5, 0.6) is 0 Å². The maximum absolute atomic E-state index is 13.0. The Kier molecular flexibility index (Phi) is 6.63. The second-order valence-corrected chi connectivity index (χ2v) is 8.60. The number of nitrogens with zero attached hydrogens (tertiary/aromatic N) is 3. The summed E-state index contributed by atoms with van der Waals surface area (Å²) >= 11 is 3.16. The van der Waals surface area contributed by atoms with Crippen molar-refractivity contribution in [2.45, 2.75) is 58.7 Å². The Morgan fingerprint density at radius 2 is 1.82 bits per heavy atom.